The molecule has 0 bridgehead atoms. The van der Waals surface area contributed by atoms with E-state index in [0.717, 1.165) is 0 Å². The van der Waals surface area contributed by atoms with E-state index in [-0.39, 0.29) is 24.0 Å². The molecule has 21 heavy (non-hydrogen) atoms. The van der Waals surface area contributed by atoms with Gasteiger partial charge in [0.2, 0.25) is 0 Å². The first-order chi connectivity index (χ1) is 9.86. The zero-order chi connectivity index (χ0) is 15.6. The zero-order valence-electron chi connectivity index (χ0n) is 12.7. The Morgan fingerprint density at radius 1 is 1.29 bits per heavy atom. The molecule has 2 aliphatic rings. The van der Waals surface area contributed by atoms with Gasteiger partial charge in [-0.3, -0.25) is 4.79 Å². The van der Waals surface area contributed by atoms with Gasteiger partial charge in [-0.1, -0.05) is 0 Å². The van der Waals surface area contributed by atoms with Crippen LogP contribution in [0.3, 0.4) is 0 Å². The molecule has 1 saturated carbocycles. The number of β-amino-alcohol motifs (C(OH)–C–C–N with tert-alkyl or cyclic N) is 1. The number of hydrogen-bond donors (Lipinski definition) is 3. The fourth-order valence-corrected chi connectivity index (χ4v) is 3.33. The minimum Gasteiger partial charge on any atom is -0.481 e. The number of urea groups is 1. The number of carboxylic acids is 1. The summed E-state index contributed by atoms with van der Waals surface area (Å²) < 4.78 is 0. The maximum Gasteiger partial charge on any atom is 0.318 e. The Morgan fingerprint density at radius 2 is 2.00 bits per heavy atom. The SMILES string of the molecule is CN(C)CC1CC(O)CN1C(=O)NC1CCC(C(=O)O)C1. The standard InChI is InChI=1S/C14H25N3O4/c1-16(2)7-11-6-12(18)8-17(11)14(21)15-10-4-3-9(5-10)13(19)20/h9-12,18H,3-8H2,1-2H3,(H,15,21)(H,19,20). The van der Waals surface area contributed by atoms with Crippen molar-refractivity contribution in [3.63, 3.8) is 0 Å². The van der Waals surface area contributed by atoms with Crippen LogP contribution in [0.2, 0.25) is 0 Å². The topological polar surface area (TPSA) is 93.1 Å². The van der Waals surface area contributed by atoms with Crippen LogP contribution in [-0.2, 0) is 4.79 Å². The van der Waals surface area contributed by atoms with Gasteiger partial charge < -0.3 is 25.3 Å². The van der Waals surface area contributed by atoms with E-state index in [1.165, 1.54) is 0 Å². The molecule has 0 spiro atoms. The molecule has 7 nitrogen and oxygen atoms in total. The number of nitrogens with zero attached hydrogens (tertiary/aromatic N) is 2. The highest BCUT2D eigenvalue weighted by Gasteiger charge is 2.37. The molecule has 1 saturated heterocycles. The van der Waals surface area contributed by atoms with Crippen LogP contribution in [0, 0.1) is 5.92 Å². The number of likely N-dealkylation sites (tertiary alicyclic amines) is 1. The number of likely N-dealkylation sites (N-methyl/N-ethyl adjacent to an activating group) is 1. The normalized spacial score (nSPS) is 32.7. The Hall–Kier alpha value is -1.34. The zero-order valence-corrected chi connectivity index (χ0v) is 12.7. The van der Waals surface area contributed by atoms with Crippen LogP contribution in [0.25, 0.3) is 0 Å². The van der Waals surface area contributed by atoms with E-state index in [4.69, 9.17) is 5.11 Å². The number of rotatable bonds is 4. The van der Waals surface area contributed by atoms with Crippen molar-refractivity contribution in [3.05, 3.63) is 0 Å². The van der Waals surface area contributed by atoms with Crippen LogP contribution in [0.5, 0.6) is 0 Å². The predicted octanol–water partition coefficient (Wildman–Crippen LogP) is -0.0539. The first kappa shape index (κ1) is 16.0. The van der Waals surface area contributed by atoms with E-state index in [0.29, 0.717) is 38.8 Å². The van der Waals surface area contributed by atoms with E-state index in [9.17, 15) is 14.7 Å². The molecule has 1 aliphatic carbocycles. The lowest BCUT2D eigenvalue weighted by Gasteiger charge is -2.28. The first-order valence-corrected chi connectivity index (χ1v) is 7.49. The molecule has 4 atom stereocenters. The fourth-order valence-electron chi connectivity index (χ4n) is 3.33. The van der Waals surface area contributed by atoms with Gasteiger partial charge in [-0.05, 0) is 39.8 Å². The molecule has 0 radical (unpaired) electrons. The average Bonchev–Trinajstić information content (AvgIpc) is 2.95. The second kappa shape index (κ2) is 6.62. The largest absolute Gasteiger partial charge is 0.481 e. The van der Waals surface area contributed by atoms with Crippen molar-refractivity contribution in [2.75, 3.05) is 27.2 Å². The summed E-state index contributed by atoms with van der Waals surface area (Å²) in [5.41, 5.74) is 0. The number of aliphatic hydroxyl groups excluding tert-OH is 1. The number of hydrogen-bond acceptors (Lipinski definition) is 4. The number of carbonyl (C=O) groups excluding carboxylic acids is 1. The number of carbonyl (C=O) groups is 2. The average molecular weight is 299 g/mol. The molecule has 2 amide bonds. The molecule has 7 heteroatoms. The highest BCUT2D eigenvalue weighted by molar-refractivity contribution is 5.76. The lowest BCUT2D eigenvalue weighted by atomic mass is 10.1. The molecule has 1 heterocycles. The second-order valence-electron chi connectivity index (χ2n) is 6.45. The van der Waals surface area contributed by atoms with Gasteiger partial charge in [-0.2, -0.15) is 0 Å². The Labute approximate surface area is 124 Å². The first-order valence-electron chi connectivity index (χ1n) is 7.49. The number of aliphatic hydroxyl groups is 1. The number of carboxylic acid groups (broad SMARTS) is 1. The van der Waals surface area contributed by atoms with Gasteiger partial charge in [-0.15, -0.1) is 0 Å². The van der Waals surface area contributed by atoms with Gasteiger partial charge in [0.1, 0.15) is 0 Å². The van der Waals surface area contributed by atoms with Gasteiger partial charge in [0.15, 0.2) is 0 Å². The summed E-state index contributed by atoms with van der Waals surface area (Å²) >= 11 is 0. The number of amides is 2. The molecule has 0 aromatic rings. The van der Waals surface area contributed by atoms with Gasteiger partial charge in [-0.25, -0.2) is 4.79 Å². The van der Waals surface area contributed by atoms with Gasteiger partial charge in [0.05, 0.1) is 12.0 Å². The molecular weight excluding hydrogens is 274 g/mol. The van der Waals surface area contributed by atoms with Crippen molar-refractivity contribution >= 4 is 12.0 Å². The third-order valence-electron chi connectivity index (χ3n) is 4.34. The lowest BCUT2D eigenvalue weighted by molar-refractivity contribution is -0.141. The van der Waals surface area contributed by atoms with Crippen molar-refractivity contribution in [2.24, 2.45) is 5.92 Å². The smallest absolute Gasteiger partial charge is 0.318 e. The third-order valence-corrected chi connectivity index (χ3v) is 4.34. The Bertz CT molecular complexity index is 402. The second-order valence-corrected chi connectivity index (χ2v) is 6.45. The summed E-state index contributed by atoms with van der Waals surface area (Å²) in [7, 11) is 3.88. The van der Waals surface area contributed by atoms with Gasteiger partial charge in [0, 0.05) is 25.2 Å². The van der Waals surface area contributed by atoms with Gasteiger partial charge >= 0.3 is 12.0 Å². The van der Waals surface area contributed by atoms with E-state index in [2.05, 4.69) is 5.32 Å². The fraction of sp³-hybridized carbons (Fsp3) is 0.857. The molecular formula is C14H25N3O4. The number of aliphatic carboxylic acids is 1. The van der Waals surface area contributed by atoms with E-state index < -0.39 is 12.1 Å². The molecule has 3 N–H and O–H groups in total. The summed E-state index contributed by atoms with van der Waals surface area (Å²) in [6.45, 7) is 1.06. The van der Waals surface area contributed by atoms with Crippen LogP contribution in [0.4, 0.5) is 4.79 Å². The minimum absolute atomic E-state index is 0.00618. The summed E-state index contributed by atoms with van der Waals surface area (Å²) in [6.07, 6.45) is 1.93. The monoisotopic (exact) mass is 299 g/mol. The van der Waals surface area contributed by atoms with E-state index in [1.807, 2.05) is 19.0 Å². The van der Waals surface area contributed by atoms with Crippen molar-refractivity contribution in [1.29, 1.82) is 0 Å². The molecule has 1 aliphatic heterocycles. The van der Waals surface area contributed by atoms with Crippen LogP contribution in [0.15, 0.2) is 0 Å². The van der Waals surface area contributed by atoms with Crippen LogP contribution >= 0.6 is 0 Å². The van der Waals surface area contributed by atoms with Crippen molar-refractivity contribution in [2.45, 2.75) is 43.9 Å². The summed E-state index contributed by atoms with van der Waals surface area (Å²) in [6, 6.07) is -0.252. The Morgan fingerprint density at radius 3 is 2.57 bits per heavy atom. The summed E-state index contributed by atoms with van der Waals surface area (Å²) in [5, 5.41) is 21.7. The summed E-state index contributed by atoms with van der Waals surface area (Å²) in [5.74, 6) is -1.13. The molecule has 0 aromatic carbocycles. The Balaban J connectivity index is 1.88. The number of nitrogens with one attached hydrogen (secondary N) is 1. The van der Waals surface area contributed by atoms with Crippen molar-refractivity contribution in [1.82, 2.24) is 15.1 Å². The van der Waals surface area contributed by atoms with Crippen LogP contribution < -0.4 is 5.32 Å². The lowest BCUT2D eigenvalue weighted by Crippen LogP contribution is -2.49. The Kier molecular flexibility index (Phi) is 5.05. The quantitative estimate of drug-likeness (QED) is 0.676. The molecule has 2 fully saturated rings. The van der Waals surface area contributed by atoms with Crippen LogP contribution in [0.1, 0.15) is 25.7 Å². The summed E-state index contributed by atoms with van der Waals surface area (Å²) in [4.78, 5) is 27.0. The minimum atomic E-state index is -0.783. The molecule has 120 valence electrons. The van der Waals surface area contributed by atoms with Crippen molar-refractivity contribution < 1.29 is 19.8 Å². The highest BCUT2D eigenvalue weighted by Crippen LogP contribution is 2.26. The van der Waals surface area contributed by atoms with Crippen molar-refractivity contribution in [3.8, 4) is 0 Å². The molecule has 0 aromatic heterocycles. The maximum atomic E-state index is 12.4. The highest BCUT2D eigenvalue weighted by atomic mass is 16.4. The molecule has 2 rings (SSSR count). The maximum absolute atomic E-state index is 12.4. The van der Waals surface area contributed by atoms with E-state index >= 15 is 0 Å². The van der Waals surface area contributed by atoms with Gasteiger partial charge in [0.25, 0.3) is 0 Å². The van der Waals surface area contributed by atoms with Crippen LogP contribution in [-0.4, -0.2) is 77.4 Å². The third kappa shape index (κ3) is 4.07. The molecule has 4 unspecified atom stereocenters. The van der Waals surface area contributed by atoms with E-state index in [1.54, 1.807) is 4.90 Å². The predicted molar refractivity (Wildman–Crippen MR) is 77.0 cm³/mol.